The van der Waals surface area contributed by atoms with E-state index in [1.54, 1.807) is 12.1 Å². The first-order valence-electron chi connectivity index (χ1n) is 8.18. The van der Waals surface area contributed by atoms with Crippen LogP contribution in [0.3, 0.4) is 0 Å². The van der Waals surface area contributed by atoms with Gasteiger partial charge in [-0.2, -0.15) is 0 Å². The van der Waals surface area contributed by atoms with E-state index < -0.39 is 0 Å². The summed E-state index contributed by atoms with van der Waals surface area (Å²) in [6, 6.07) is 13.2. The number of hydrogen-bond acceptors (Lipinski definition) is 2. The minimum Gasteiger partial charge on any atom is -0.343 e. The average Bonchev–Trinajstić information content (AvgIpc) is 2.99. The van der Waals surface area contributed by atoms with Crippen LogP contribution < -0.4 is 0 Å². The van der Waals surface area contributed by atoms with E-state index in [-0.39, 0.29) is 5.82 Å². The Morgan fingerprint density at radius 1 is 1.22 bits per heavy atom. The summed E-state index contributed by atoms with van der Waals surface area (Å²) >= 11 is 0. The third-order valence-corrected chi connectivity index (χ3v) is 4.65. The lowest BCUT2D eigenvalue weighted by molar-refractivity contribution is 0.198. The smallest absolute Gasteiger partial charge is 0.137 e. The Labute approximate surface area is 135 Å². The standard InChI is InChI=1S/C19H20FN3/c20-17-7-1-4-14(10-17)12-23-9-3-6-16(13-23)18-11-15-5-2-8-21-19(15)22-18/h1-2,4-5,7-8,10-11,16H,3,6,9,12-13H2,(H,21,22)/t16-/m1/s1. The molecular formula is C19H20FN3. The number of hydrogen-bond donors (Lipinski definition) is 1. The van der Waals surface area contributed by atoms with Crippen LogP contribution in [0.15, 0.2) is 48.7 Å². The molecule has 4 heteroatoms. The lowest BCUT2D eigenvalue weighted by Gasteiger charge is -2.32. The fourth-order valence-corrected chi connectivity index (χ4v) is 3.55. The van der Waals surface area contributed by atoms with Crippen molar-refractivity contribution in [3.05, 3.63) is 65.7 Å². The molecule has 1 fully saturated rings. The highest BCUT2D eigenvalue weighted by molar-refractivity contribution is 5.76. The van der Waals surface area contributed by atoms with Crippen LogP contribution in [0.5, 0.6) is 0 Å². The highest BCUT2D eigenvalue weighted by Gasteiger charge is 2.23. The van der Waals surface area contributed by atoms with E-state index in [0.29, 0.717) is 5.92 Å². The van der Waals surface area contributed by atoms with Crippen molar-refractivity contribution in [2.45, 2.75) is 25.3 Å². The predicted molar refractivity (Wildman–Crippen MR) is 89.7 cm³/mol. The second-order valence-electron chi connectivity index (χ2n) is 6.37. The SMILES string of the molecule is Fc1cccc(CN2CCC[C@@H](c3cc4cccnc4[nH]3)C2)c1. The summed E-state index contributed by atoms with van der Waals surface area (Å²) in [6.07, 6.45) is 4.18. The second kappa shape index (κ2) is 6.13. The highest BCUT2D eigenvalue weighted by atomic mass is 19.1. The number of rotatable bonds is 3. The molecule has 0 aliphatic carbocycles. The molecule has 0 spiro atoms. The minimum atomic E-state index is -0.155. The van der Waals surface area contributed by atoms with Crippen LogP contribution in [0.1, 0.15) is 30.0 Å². The van der Waals surface area contributed by atoms with Crippen molar-refractivity contribution >= 4 is 11.0 Å². The normalized spacial score (nSPS) is 19.3. The van der Waals surface area contributed by atoms with Gasteiger partial charge in [0.05, 0.1) is 0 Å². The molecule has 23 heavy (non-hydrogen) atoms. The molecule has 0 amide bonds. The largest absolute Gasteiger partial charge is 0.343 e. The van der Waals surface area contributed by atoms with Crippen molar-refractivity contribution in [3.8, 4) is 0 Å². The van der Waals surface area contributed by atoms with Gasteiger partial charge in [0.1, 0.15) is 11.5 Å². The molecular weight excluding hydrogens is 289 g/mol. The third-order valence-electron chi connectivity index (χ3n) is 4.65. The molecule has 1 saturated heterocycles. The molecule has 1 aromatic carbocycles. The van der Waals surface area contributed by atoms with Gasteiger partial charge in [0.25, 0.3) is 0 Å². The van der Waals surface area contributed by atoms with Crippen LogP contribution in [0.2, 0.25) is 0 Å². The van der Waals surface area contributed by atoms with Gasteiger partial charge in [-0.3, -0.25) is 4.90 Å². The first kappa shape index (κ1) is 14.4. The summed E-state index contributed by atoms with van der Waals surface area (Å²) in [5.41, 5.74) is 3.27. The van der Waals surface area contributed by atoms with E-state index >= 15 is 0 Å². The molecule has 1 aliphatic heterocycles. The summed E-state index contributed by atoms with van der Waals surface area (Å²) in [5.74, 6) is 0.337. The molecule has 4 rings (SSSR count). The topological polar surface area (TPSA) is 31.9 Å². The quantitative estimate of drug-likeness (QED) is 0.790. The zero-order chi connectivity index (χ0) is 15.6. The molecule has 2 aromatic heterocycles. The van der Waals surface area contributed by atoms with Crippen molar-refractivity contribution in [3.63, 3.8) is 0 Å². The van der Waals surface area contributed by atoms with Gasteiger partial charge in [-0.25, -0.2) is 9.37 Å². The summed E-state index contributed by atoms with van der Waals surface area (Å²) < 4.78 is 13.4. The Balaban J connectivity index is 1.50. The number of likely N-dealkylation sites (tertiary alicyclic amines) is 1. The summed E-state index contributed by atoms with van der Waals surface area (Å²) in [5, 5.41) is 1.17. The molecule has 1 N–H and O–H groups in total. The zero-order valence-electron chi connectivity index (χ0n) is 13.0. The van der Waals surface area contributed by atoms with Crippen LogP contribution in [0.25, 0.3) is 11.0 Å². The fourth-order valence-electron chi connectivity index (χ4n) is 3.55. The summed E-state index contributed by atoms with van der Waals surface area (Å²) in [4.78, 5) is 10.3. The minimum absolute atomic E-state index is 0.155. The first-order chi connectivity index (χ1) is 11.3. The number of piperidine rings is 1. The van der Waals surface area contributed by atoms with Crippen molar-refractivity contribution in [2.24, 2.45) is 0 Å². The third kappa shape index (κ3) is 3.13. The van der Waals surface area contributed by atoms with Crippen molar-refractivity contribution in [2.75, 3.05) is 13.1 Å². The van der Waals surface area contributed by atoms with E-state index in [4.69, 9.17) is 0 Å². The number of aromatic nitrogens is 2. The Morgan fingerprint density at radius 3 is 3.04 bits per heavy atom. The van der Waals surface area contributed by atoms with Gasteiger partial charge in [0.15, 0.2) is 0 Å². The van der Waals surface area contributed by atoms with Crippen LogP contribution in [0.4, 0.5) is 4.39 Å². The number of halogens is 1. The van der Waals surface area contributed by atoms with E-state index in [0.717, 1.165) is 30.8 Å². The molecule has 118 valence electrons. The Hall–Kier alpha value is -2.20. The molecule has 1 atom stereocenters. The number of fused-ring (bicyclic) bond motifs is 1. The van der Waals surface area contributed by atoms with Crippen LogP contribution in [-0.2, 0) is 6.54 Å². The van der Waals surface area contributed by atoms with Gasteiger partial charge < -0.3 is 4.98 Å². The van der Waals surface area contributed by atoms with Gasteiger partial charge in [-0.1, -0.05) is 12.1 Å². The lowest BCUT2D eigenvalue weighted by atomic mass is 9.94. The summed E-state index contributed by atoms with van der Waals surface area (Å²) in [7, 11) is 0. The predicted octanol–water partition coefficient (Wildman–Crippen LogP) is 4.08. The maximum atomic E-state index is 13.4. The van der Waals surface area contributed by atoms with Crippen LogP contribution in [0, 0.1) is 5.82 Å². The van der Waals surface area contributed by atoms with Gasteiger partial charge in [-0.15, -0.1) is 0 Å². The van der Waals surface area contributed by atoms with E-state index in [2.05, 4.69) is 27.0 Å². The van der Waals surface area contributed by atoms with E-state index in [1.807, 2.05) is 18.3 Å². The molecule has 0 unspecified atom stereocenters. The monoisotopic (exact) mass is 309 g/mol. The Bertz CT molecular complexity index is 778. The number of benzene rings is 1. The Kier molecular flexibility index (Phi) is 3.83. The first-order valence-corrected chi connectivity index (χ1v) is 8.18. The van der Waals surface area contributed by atoms with Crippen molar-refractivity contribution in [1.29, 1.82) is 0 Å². The molecule has 3 aromatic rings. The number of nitrogens with one attached hydrogen (secondary N) is 1. The number of aromatic amines is 1. The maximum absolute atomic E-state index is 13.4. The zero-order valence-corrected chi connectivity index (χ0v) is 13.0. The van der Waals surface area contributed by atoms with Crippen molar-refractivity contribution < 1.29 is 4.39 Å². The fraction of sp³-hybridized carbons (Fsp3) is 0.316. The lowest BCUT2D eigenvalue weighted by Crippen LogP contribution is -2.34. The summed E-state index contributed by atoms with van der Waals surface area (Å²) in [6.45, 7) is 2.89. The van der Waals surface area contributed by atoms with E-state index in [1.165, 1.54) is 30.0 Å². The van der Waals surface area contributed by atoms with Crippen molar-refractivity contribution in [1.82, 2.24) is 14.9 Å². The van der Waals surface area contributed by atoms with Crippen LogP contribution >= 0.6 is 0 Å². The molecule has 0 bridgehead atoms. The molecule has 0 saturated carbocycles. The number of pyridine rings is 1. The van der Waals surface area contributed by atoms with Gasteiger partial charge in [0, 0.05) is 36.3 Å². The average molecular weight is 309 g/mol. The molecule has 3 nitrogen and oxygen atoms in total. The molecule has 0 radical (unpaired) electrons. The van der Waals surface area contributed by atoms with Gasteiger partial charge >= 0.3 is 0 Å². The van der Waals surface area contributed by atoms with Gasteiger partial charge in [0.2, 0.25) is 0 Å². The molecule has 3 heterocycles. The molecule has 1 aliphatic rings. The van der Waals surface area contributed by atoms with Gasteiger partial charge in [-0.05, 0) is 55.3 Å². The second-order valence-corrected chi connectivity index (χ2v) is 6.37. The van der Waals surface area contributed by atoms with E-state index in [9.17, 15) is 4.39 Å². The highest BCUT2D eigenvalue weighted by Crippen LogP contribution is 2.29. The number of H-pyrrole nitrogens is 1. The number of nitrogens with zero attached hydrogens (tertiary/aromatic N) is 2. The Morgan fingerprint density at radius 2 is 2.17 bits per heavy atom. The maximum Gasteiger partial charge on any atom is 0.137 e. The van der Waals surface area contributed by atoms with Crippen LogP contribution in [-0.4, -0.2) is 28.0 Å².